The summed E-state index contributed by atoms with van der Waals surface area (Å²) in [6, 6.07) is 39.3. The van der Waals surface area contributed by atoms with E-state index in [1.807, 2.05) is 49.4 Å². The van der Waals surface area contributed by atoms with Crippen molar-refractivity contribution < 1.29 is 4.84 Å². The number of nitrogens with zero attached hydrogens (tertiary/aromatic N) is 6. The molecule has 3 heterocycles. The van der Waals surface area contributed by atoms with E-state index in [9.17, 15) is 0 Å². The van der Waals surface area contributed by atoms with Gasteiger partial charge in [-0.1, -0.05) is 124 Å². The van der Waals surface area contributed by atoms with Gasteiger partial charge in [0.15, 0.2) is 18.1 Å². The lowest BCUT2D eigenvalue weighted by Gasteiger charge is -2.13. The molecule has 0 bridgehead atoms. The van der Waals surface area contributed by atoms with E-state index in [1.165, 1.54) is 5.56 Å². The van der Waals surface area contributed by atoms with Crippen LogP contribution in [0.2, 0.25) is 0 Å². The Morgan fingerprint density at radius 3 is 2.14 bits per heavy atom. The summed E-state index contributed by atoms with van der Waals surface area (Å²) in [5, 5.41) is 9.96. The van der Waals surface area contributed by atoms with Gasteiger partial charge in [0.05, 0.1) is 16.8 Å². The minimum Gasteiger partial charge on any atom is -0.387 e. The van der Waals surface area contributed by atoms with Crippen molar-refractivity contribution in [2.75, 3.05) is 0 Å². The van der Waals surface area contributed by atoms with Gasteiger partial charge in [-0.15, -0.1) is 5.10 Å². The van der Waals surface area contributed by atoms with Crippen LogP contribution in [0.5, 0.6) is 0 Å². The van der Waals surface area contributed by atoms with E-state index in [2.05, 4.69) is 98.4 Å². The molecule has 0 saturated carbocycles. The van der Waals surface area contributed by atoms with Gasteiger partial charge in [0.1, 0.15) is 12.0 Å². The van der Waals surface area contributed by atoms with E-state index in [0.717, 1.165) is 54.8 Å². The molecular weight excluding hydrogens is 600 g/mol. The van der Waals surface area contributed by atoms with E-state index in [1.54, 1.807) is 10.8 Å². The van der Waals surface area contributed by atoms with Gasteiger partial charge in [-0.25, -0.2) is 14.5 Å². The maximum Gasteiger partial charge on any atom is 0.192 e. The van der Waals surface area contributed by atoms with Crippen molar-refractivity contribution in [3.05, 3.63) is 143 Å². The Hall–Kier alpha value is -5.08. The molecule has 7 rings (SSSR count). The van der Waals surface area contributed by atoms with E-state index >= 15 is 0 Å². The van der Waals surface area contributed by atoms with E-state index in [4.69, 9.17) is 19.9 Å². The first-order chi connectivity index (χ1) is 21.2. The second-order valence-electron chi connectivity index (χ2n) is 10.2. The Bertz CT molecular complexity index is 2050. The largest absolute Gasteiger partial charge is 0.387 e. The minimum absolute atomic E-state index is 0.133. The zero-order chi connectivity index (χ0) is 29.2. The van der Waals surface area contributed by atoms with Gasteiger partial charge in [-0.05, 0) is 41.3 Å². The van der Waals surface area contributed by atoms with Gasteiger partial charge < -0.3 is 9.40 Å². The van der Waals surface area contributed by atoms with Crippen molar-refractivity contribution in [3.63, 3.8) is 0 Å². The summed E-state index contributed by atoms with van der Waals surface area (Å²) in [5.74, 6) is 0.526. The summed E-state index contributed by atoms with van der Waals surface area (Å²) in [7, 11) is 0. The molecular formula is C35H27BrN6O. The molecule has 4 aromatic carbocycles. The maximum absolute atomic E-state index is 5.71. The van der Waals surface area contributed by atoms with Gasteiger partial charge in [0.25, 0.3) is 0 Å². The first kappa shape index (κ1) is 26.8. The summed E-state index contributed by atoms with van der Waals surface area (Å²) < 4.78 is 5.04. The first-order valence-electron chi connectivity index (χ1n) is 14.0. The lowest BCUT2D eigenvalue weighted by Crippen LogP contribution is -2.03. The Labute approximate surface area is 257 Å². The number of rotatable bonds is 8. The molecule has 0 spiro atoms. The molecule has 3 aromatic heterocycles. The van der Waals surface area contributed by atoms with Crippen molar-refractivity contribution in [1.82, 2.24) is 24.1 Å². The normalized spacial score (nSPS) is 11.8. The minimum atomic E-state index is 0.133. The molecule has 7 aromatic rings. The predicted octanol–water partition coefficient (Wildman–Crippen LogP) is 8.16. The monoisotopic (exact) mass is 626 g/mol. The Balaban J connectivity index is 1.38. The van der Waals surface area contributed by atoms with Gasteiger partial charge in [-0.2, -0.15) is 0 Å². The smallest absolute Gasteiger partial charge is 0.192 e. The van der Waals surface area contributed by atoms with Crippen molar-refractivity contribution in [2.45, 2.75) is 20.1 Å². The first-order valence-corrected chi connectivity index (χ1v) is 14.8. The zero-order valence-electron chi connectivity index (χ0n) is 23.4. The summed E-state index contributed by atoms with van der Waals surface area (Å²) in [4.78, 5) is 15.6. The van der Waals surface area contributed by atoms with E-state index < -0.39 is 0 Å². The van der Waals surface area contributed by atoms with Crippen molar-refractivity contribution >= 4 is 38.3 Å². The molecule has 0 unspecified atom stereocenters. The number of fused-ring (bicyclic) bond motifs is 3. The average Bonchev–Trinajstić information content (AvgIpc) is 3.61. The lowest BCUT2D eigenvalue weighted by atomic mass is 9.99. The number of oxime groups is 1. The fraction of sp³-hybridized carbons (Fsp3) is 0.0857. The van der Waals surface area contributed by atoms with Crippen LogP contribution in [0.1, 0.15) is 23.9 Å². The number of hydrogen-bond acceptors (Lipinski definition) is 5. The van der Waals surface area contributed by atoms with Gasteiger partial charge in [0.2, 0.25) is 0 Å². The summed E-state index contributed by atoms with van der Waals surface area (Å²) in [6.45, 7) is 2.71. The number of hydrogen-bond donors (Lipinski definition) is 0. The summed E-state index contributed by atoms with van der Waals surface area (Å²) >= 11 is 3.47. The van der Waals surface area contributed by atoms with Crippen LogP contribution in [0.25, 0.3) is 39.1 Å². The Kier molecular flexibility index (Phi) is 7.27. The third kappa shape index (κ3) is 5.33. The van der Waals surface area contributed by atoms with E-state index in [0.29, 0.717) is 12.4 Å². The fourth-order valence-corrected chi connectivity index (χ4v) is 5.64. The van der Waals surface area contributed by atoms with Crippen LogP contribution in [0.15, 0.2) is 131 Å². The summed E-state index contributed by atoms with van der Waals surface area (Å²) in [6.07, 6.45) is 1.73. The highest BCUT2D eigenvalue weighted by atomic mass is 79.9. The van der Waals surface area contributed by atoms with Gasteiger partial charge >= 0.3 is 0 Å². The molecule has 0 radical (unpaired) electrons. The van der Waals surface area contributed by atoms with Crippen LogP contribution >= 0.6 is 15.9 Å². The molecule has 0 aliphatic carbocycles. The van der Waals surface area contributed by atoms with Crippen LogP contribution in [0.3, 0.4) is 0 Å². The quantitative estimate of drug-likeness (QED) is 0.126. The van der Waals surface area contributed by atoms with Crippen molar-refractivity contribution in [2.24, 2.45) is 5.16 Å². The third-order valence-electron chi connectivity index (χ3n) is 7.37. The van der Waals surface area contributed by atoms with Gasteiger partial charge in [-0.3, -0.25) is 0 Å². The molecule has 0 aliphatic heterocycles. The predicted molar refractivity (Wildman–Crippen MR) is 174 cm³/mol. The van der Waals surface area contributed by atoms with E-state index in [-0.39, 0.29) is 6.61 Å². The molecule has 0 atom stereocenters. The lowest BCUT2D eigenvalue weighted by molar-refractivity contribution is 0.125. The SMILES string of the molecule is C/C(=N/OCc1nc2c3c(-c4ccccc4)c(-c4ccccc4)n(Cc4ccccc4)c3ncn2n1)c1ccc(Br)cc1. The molecule has 210 valence electrons. The second kappa shape index (κ2) is 11.7. The van der Waals surface area contributed by atoms with Crippen molar-refractivity contribution in [3.8, 4) is 22.4 Å². The number of halogens is 1. The molecule has 7 nitrogen and oxygen atoms in total. The maximum atomic E-state index is 5.71. The molecule has 43 heavy (non-hydrogen) atoms. The van der Waals surface area contributed by atoms with Crippen LogP contribution in [-0.2, 0) is 18.0 Å². The topological polar surface area (TPSA) is 69.6 Å². The molecule has 0 amide bonds. The van der Waals surface area contributed by atoms with Crippen LogP contribution in [0.4, 0.5) is 0 Å². The molecule has 8 heteroatoms. The third-order valence-corrected chi connectivity index (χ3v) is 7.90. The molecule has 0 saturated heterocycles. The van der Waals surface area contributed by atoms with Crippen molar-refractivity contribution in [1.29, 1.82) is 0 Å². The molecule has 0 N–H and O–H groups in total. The van der Waals surface area contributed by atoms with Gasteiger partial charge in [0, 0.05) is 16.6 Å². The Morgan fingerprint density at radius 2 is 1.44 bits per heavy atom. The zero-order valence-corrected chi connectivity index (χ0v) is 25.0. The standard InChI is InChI=1S/C35H27BrN6O/c1-24(26-17-19-29(36)20-18-26)40-43-22-30-38-35-32-31(27-13-7-3-8-14-27)33(28-15-9-4-10-16-28)41(21-25-11-5-2-6-12-25)34(32)37-23-42(35)39-30/h2-20,23H,21-22H2,1H3/b40-24-. The fourth-order valence-electron chi connectivity index (χ4n) is 5.37. The Morgan fingerprint density at radius 1 is 0.791 bits per heavy atom. The molecule has 0 fully saturated rings. The highest BCUT2D eigenvalue weighted by Gasteiger charge is 2.25. The number of benzene rings is 4. The van der Waals surface area contributed by atoms with Crippen LogP contribution < -0.4 is 0 Å². The average molecular weight is 628 g/mol. The van der Waals surface area contributed by atoms with Crippen LogP contribution in [-0.4, -0.2) is 29.9 Å². The van der Waals surface area contributed by atoms with Crippen LogP contribution in [0, 0.1) is 0 Å². The molecule has 0 aliphatic rings. The second-order valence-corrected chi connectivity index (χ2v) is 11.1. The summed E-state index contributed by atoms with van der Waals surface area (Å²) in [5.41, 5.74) is 8.86. The highest BCUT2D eigenvalue weighted by molar-refractivity contribution is 9.10. The number of aromatic nitrogens is 5. The highest BCUT2D eigenvalue weighted by Crippen LogP contribution is 2.42.